The number of piperidine rings is 1. The van der Waals surface area contributed by atoms with Crippen molar-refractivity contribution in [1.82, 2.24) is 15.1 Å². The van der Waals surface area contributed by atoms with Crippen molar-refractivity contribution < 1.29 is 4.92 Å². The molecule has 0 amide bonds. The second-order valence-electron chi connectivity index (χ2n) is 5.23. The van der Waals surface area contributed by atoms with E-state index < -0.39 is 0 Å². The summed E-state index contributed by atoms with van der Waals surface area (Å²) in [7, 11) is 3.66. The van der Waals surface area contributed by atoms with E-state index in [1.54, 1.807) is 18.7 Å². The minimum Gasteiger partial charge on any atom is -0.354 e. The summed E-state index contributed by atoms with van der Waals surface area (Å²) in [5.41, 5.74) is 0.588. The minimum absolute atomic E-state index is 0.119. The van der Waals surface area contributed by atoms with Gasteiger partial charge in [0, 0.05) is 20.6 Å². The van der Waals surface area contributed by atoms with Crippen molar-refractivity contribution in [3.8, 4) is 0 Å². The smallest absolute Gasteiger partial charge is 0.333 e. The Labute approximate surface area is 112 Å². The molecule has 2 rings (SSSR count). The van der Waals surface area contributed by atoms with E-state index in [1.165, 1.54) is 12.8 Å². The van der Waals surface area contributed by atoms with Gasteiger partial charge in [-0.3, -0.25) is 10.1 Å². The molecule has 1 N–H and O–H groups in total. The van der Waals surface area contributed by atoms with Crippen molar-refractivity contribution in [3.63, 3.8) is 0 Å². The van der Waals surface area contributed by atoms with Crippen LogP contribution in [0.25, 0.3) is 0 Å². The van der Waals surface area contributed by atoms with Crippen LogP contribution in [0.4, 0.5) is 11.5 Å². The lowest BCUT2D eigenvalue weighted by Gasteiger charge is -2.28. The molecule has 0 saturated carbocycles. The molecular formula is C12H21N5O2. The van der Waals surface area contributed by atoms with E-state index in [4.69, 9.17) is 0 Å². The van der Waals surface area contributed by atoms with Crippen LogP contribution in [-0.4, -0.2) is 41.4 Å². The first-order valence-electron chi connectivity index (χ1n) is 6.60. The third-order valence-corrected chi connectivity index (χ3v) is 3.64. The zero-order valence-corrected chi connectivity index (χ0v) is 11.7. The molecule has 0 bridgehead atoms. The maximum Gasteiger partial charge on any atom is 0.333 e. The van der Waals surface area contributed by atoms with Gasteiger partial charge in [-0.2, -0.15) is 5.10 Å². The van der Waals surface area contributed by atoms with Gasteiger partial charge in [-0.25, -0.2) is 4.68 Å². The SMILES string of the molecule is Cc1nn(C)c(N(C)CC2CCCNC2)c1[N+](=O)[O-]. The predicted octanol–water partition coefficient (Wildman–Crippen LogP) is 1.07. The molecule has 1 aromatic heterocycles. The Hall–Kier alpha value is -1.63. The fraction of sp³-hybridized carbons (Fsp3) is 0.750. The summed E-state index contributed by atoms with van der Waals surface area (Å²) in [5, 5.41) is 18.7. The minimum atomic E-state index is -0.340. The van der Waals surface area contributed by atoms with E-state index in [0.717, 1.165) is 19.6 Å². The highest BCUT2D eigenvalue weighted by molar-refractivity contribution is 5.60. The zero-order valence-electron chi connectivity index (χ0n) is 11.7. The molecule has 0 aliphatic carbocycles. The summed E-state index contributed by atoms with van der Waals surface area (Å²) in [4.78, 5) is 12.8. The van der Waals surface area contributed by atoms with Crippen LogP contribution in [0.15, 0.2) is 0 Å². The molecule has 2 heterocycles. The molecule has 1 saturated heterocycles. The lowest BCUT2D eigenvalue weighted by molar-refractivity contribution is -0.384. The van der Waals surface area contributed by atoms with Crippen LogP contribution >= 0.6 is 0 Å². The Bertz CT molecular complexity index is 465. The fourth-order valence-electron chi connectivity index (χ4n) is 2.83. The number of nitrogens with zero attached hydrogens (tertiary/aromatic N) is 4. The Kier molecular flexibility index (Phi) is 4.04. The third kappa shape index (κ3) is 2.86. The molecule has 19 heavy (non-hydrogen) atoms. The summed E-state index contributed by atoms with van der Waals surface area (Å²) >= 11 is 0. The van der Waals surface area contributed by atoms with Gasteiger partial charge in [0.05, 0.1) is 4.92 Å². The number of hydrogen-bond donors (Lipinski definition) is 1. The first kappa shape index (κ1) is 13.8. The highest BCUT2D eigenvalue weighted by Gasteiger charge is 2.28. The summed E-state index contributed by atoms with van der Waals surface area (Å²) < 4.78 is 1.60. The van der Waals surface area contributed by atoms with E-state index in [2.05, 4.69) is 10.4 Å². The van der Waals surface area contributed by atoms with Gasteiger partial charge in [0.15, 0.2) is 0 Å². The second-order valence-corrected chi connectivity index (χ2v) is 5.23. The fourth-order valence-corrected chi connectivity index (χ4v) is 2.83. The van der Waals surface area contributed by atoms with Gasteiger partial charge >= 0.3 is 5.69 Å². The van der Waals surface area contributed by atoms with E-state index in [0.29, 0.717) is 17.4 Å². The summed E-state index contributed by atoms with van der Waals surface area (Å²) in [6.07, 6.45) is 2.34. The van der Waals surface area contributed by atoms with Crippen molar-refractivity contribution >= 4 is 11.5 Å². The lowest BCUT2D eigenvalue weighted by atomic mass is 9.99. The van der Waals surface area contributed by atoms with Crippen molar-refractivity contribution in [1.29, 1.82) is 0 Å². The molecule has 0 radical (unpaired) electrons. The molecule has 0 spiro atoms. The molecule has 1 atom stereocenters. The summed E-state index contributed by atoms with van der Waals surface area (Å²) in [6, 6.07) is 0. The maximum absolute atomic E-state index is 11.2. The number of nitrogens with one attached hydrogen (secondary N) is 1. The lowest BCUT2D eigenvalue weighted by Crippen LogP contribution is -2.37. The van der Waals surface area contributed by atoms with E-state index >= 15 is 0 Å². The molecule has 7 heteroatoms. The van der Waals surface area contributed by atoms with Gasteiger partial charge in [0.25, 0.3) is 0 Å². The Balaban J connectivity index is 2.18. The molecule has 1 unspecified atom stereocenters. The molecule has 106 valence electrons. The second kappa shape index (κ2) is 5.56. The molecular weight excluding hydrogens is 246 g/mol. The molecule has 7 nitrogen and oxygen atoms in total. The van der Waals surface area contributed by atoms with Crippen LogP contribution in [0.3, 0.4) is 0 Å². The van der Waals surface area contributed by atoms with Crippen molar-refractivity contribution in [2.45, 2.75) is 19.8 Å². The number of aryl methyl sites for hydroxylation is 2. The first-order chi connectivity index (χ1) is 9.00. The van der Waals surface area contributed by atoms with Crippen molar-refractivity contribution in [3.05, 3.63) is 15.8 Å². The van der Waals surface area contributed by atoms with Crippen LogP contribution in [0, 0.1) is 23.0 Å². The summed E-state index contributed by atoms with van der Waals surface area (Å²) in [5.74, 6) is 1.13. The molecule has 1 aromatic rings. The van der Waals surface area contributed by atoms with Gasteiger partial charge in [-0.15, -0.1) is 0 Å². The normalized spacial score (nSPS) is 19.4. The van der Waals surface area contributed by atoms with E-state index in [-0.39, 0.29) is 10.6 Å². The van der Waals surface area contributed by atoms with Crippen LogP contribution < -0.4 is 10.2 Å². The van der Waals surface area contributed by atoms with Gasteiger partial charge in [-0.1, -0.05) is 0 Å². The van der Waals surface area contributed by atoms with Gasteiger partial charge in [0.2, 0.25) is 5.82 Å². The van der Waals surface area contributed by atoms with Gasteiger partial charge < -0.3 is 10.2 Å². The first-order valence-corrected chi connectivity index (χ1v) is 6.60. The number of hydrogen-bond acceptors (Lipinski definition) is 5. The third-order valence-electron chi connectivity index (χ3n) is 3.64. The van der Waals surface area contributed by atoms with Crippen LogP contribution in [-0.2, 0) is 7.05 Å². The Morgan fingerprint density at radius 1 is 1.63 bits per heavy atom. The molecule has 1 aliphatic heterocycles. The van der Waals surface area contributed by atoms with Crippen LogP contribution in [0.1, 0.15) is 18.5 Å². The summed E-state index contributed by atoms with van der Waals surface area (Å²) in [6.45, 7) is 4.55. The quantitative estimate of drug-likeness (QED) is 0.652. The molecule has 1 fully saturated rings. The average molecular weight is 267 g/mol. The number of aromatic nitrogens is 2. The average Bonchev–Trinajstić information content (AvgIpc) is 2.65. The van der Waals surface area contributed by atoms with Crippen LogP contribution in [0.5, 0.6) is 0 Å². The highest BCUT2D eigenvalue weighted by atomic mass is 16.6. The molecule has 0 aromatic carbocycles. The van der Waals surface area contributed by atoms with E-state index in [1.807, 2.05) is 11.9 Å². The van der Waals surface area contributed by atoms with Gasteiger partial charge in [-0.05, 0) is 38.8 Å². The number of anilines is 1. The Morgan fingerprint density at radius 3 is 2.95 bits per heavy atom. The Morgan fingerprint density at radius 2 is 2.37 bits per heavy atom. The topological polar surface area (TPSA) is 76.2 Å². The van der Waals surface area contributed by atoms with Gasteiger partial charge in [0.1, 0.15) is 5.69 Å². The maximum atomic E-state index is 11.2. The monoisotopic (exact) mass is 267 g/mol. The number of rotatable bonds is 4. The van der Waals surface area contributed by atoms with Crippen molar-refractivity contribution in [2.24, 2.45) is 13.0 Å². The standard InChI is InChI=1S/C12H21N5O2/c1-9-11(17(18)19)12(16(3)14-9)15(2)8-10-5-4-6-13-7-10/h10,13H,4-8H2,1-3H3. The van der Waals surface area contributed by atoms with E-state index in [9.17, 15) is 10.1 Å². The predicted molar refractivity (Wildman–Crippen MR) is 73.5 cm³/mol. The van der Waals surface area contributed by atoms with Crippen LogP contribution in [0.2, 0.25) is 0 Å². The molecule has 1 aliphatic rings. The largest absolute Gasteiger partial charge is 0.354 e. The highest BCUT2D eigenvalue weighted by Crippen LogP contribution is 2.30. The zero-order chi connectivity index (χ0) is 14.0. The number of nitro groups is 1. The van der Waals surface area contributed by atoms with Crippen molar-refractivity contribution in [2.75, 3.05) is 31.6 Å².